The van der Waals surface area contributed by atoms with Gasteiger partial charge in [0.2, 0.25) is 0 Å². The molecule has 0 amide bonds. The molecular formula is C13H12BrFN2O. The first-order valence-electron chi connectivity index (χ1n) is 5.26. The van der Waals surface area contributed by atoms with Crippen molar-refractivity contribution in [3.63, 3.8) is 0 Å². The molecule has 0 spiro atoms. The molecule has 3 N–H and O–H groups in total. The lowest BCUT2D eigenvalue weighted by Crippen LogP contribution is -1.97. The number of anilines is 3. The first-order chi connectivity index (χ1) is 8.60. The van der Waals surface area contributed by atoms with E-state index in [1.54, 1.807) is 18.2 Å². The topological polar surface area (TPSA) is 47.3 Å². The van der Waals surface area contributed by atoms with Crippen LogP contribution in [0.15, 0.2) is 40.9 Å². The van der Waals surface area contributed by atoms with Crippen molar-refractivity contribution < 1.29 is 9.13 Å². The van der Waals surface area contributed by atoms with Crippen LogP contribution in [0.3, 0.4) is 0 Å². The average Bonchev–Trinajstić information content (AvgIpc) is 2.33. The Morgan fingerprint density at radius 1 is 1.22 bits per heavy atom. The molecule has 0 radical (unpaired) electrons. The molecule has 0 fully saturated rings. The second-order valence-corrected chi connectivity index (χ2v) is 4.62. The minimum atomic E-state index is -0.418. The molecule has 0 atom stereocenters. The van der Waals surface area contributed by atoms with Crippen molar-refractivity contribution >= 4 is 33.0 Å². The van der Waals surface area contributed by atoms with Crippen molar-refractivity contribution in [2.75, 3.05) is 18.2 Å². The van der Waals surface area contributed by atoms with E-state index < -0.39 is 5.82 Å². The number of methoxy groups -OCH3 is 1. The van der Waals surface area contributed by atoms with Crippen LogP contribution in [0.4, 0.5) is 21.5 Å². The highest BCUT2D eigenvalue weighted by atomic mass is 79.9. The summed E-state index contributed by atoms with van der Waals surface area (Å²) in [6, 6.07) is 10.1. The minimum Gasteiger partial charge on any atom is -0.494 e. The van der Waals surface area contributed by atoms with E-state index in [1.165, 1.54) is 13.2 Å². The molecule has 2 aromatic rings. The van der Waals surface area contributed by atoms with Gasteiger partial charge >= 0.3 is 0 Å². The van der Waals surface area contributed by atoms with Crippen LogP contribution < -0.4 is 15.8 Å². The molecule has 5 heteroatoms. The van der Waals surface area contributed by atoms with E-state index in [-0.39, 0.29) is 5.75 Å². The minimum absolute atomic E-state index is 0.212. The average molecular weight is 311 g/mol. The number of nitrogens with one attached hydrogen (secondary N) is 1. The maximum absolute atomic E-state index is 13.5. The summed E-state index contributed by atoms with van der Waals surface area (Å²) in [6.45, 7) is 0. The monoisotopic (exact) mass is 310 g/mol. The summed E-state index contributed by atoms with van der Waals surface area (Å²) in [5.74, 6) is -0.206. The lowest BCUT2D eigenvalue weighted by molar-refractivity contribution is 0.386. The molecule has 3 nitrogen and oxygen atoms in total. The normalized spacial score (nSPS) is 10.2. The summed E-state index contributed by atoms with van der Waals surface area (Å²) >= 11 is 3.33. The van der Waals surface area contributed by atoms with E-state index in [0.717, 1.165) is 10.2 Å². The van der Waals surface area contributed by atoms with Crippen LogP contribution in [0, 0.1) is 5.82 Å². The fourth-order valence-electron chi connectivity index (χ4n) is 1.55. The SMILES string of the molecule is COc1ccc(Nc2ccc(Br)cc2N)cc1F. The van der Waals surface area contributed by atoms with Gasteiger partial charge in [-0.1, -0.05) is 15.9 Å². The molecule has 0 aromatic heterocycles. The van der Waals surface area contributed by atoms with Gasteiger partial charge in [-0.05, 0) is 30.3 Å². The van der Waals surface area contributed by atoms with Crippen molar-refractivity contribution in [3.05, 3.63) is 46.7 Å². The zero-order chi connectivity index (χ0) is 13.1. The molecule has 2 rings (SSSR count). The van der Waals surface area contributed by atoms with Crippen molar-refractivity contribution in [1.29, 1.82) is 0 Å². The Kier molecular flexibility index (Phi) is 3.72. The van der Waals surface area contributed by atoms with Gasteiger partial charge in [0.15, 0.2) is 11.6 Å². The van der Waals surface area contributed by atoms with E-state index >= 15 is 0 Å². The largest absolute Gasteiger partial charge is 0.494 e. The molecule has 0 saturated carbocycles. The first-order valence-corrected chi connectivity index (χ1v) is 6.05. The van der Waals surface area contributed by atoms with Crippen molar-refractivity contribution in [1.82, 2.24) is 0 Å². The summed E-state index contributed by atoms with van der Waals surface area (Å²) in [7, 11) is 1.43. The highest BCUT2D eigenvalue weighted by molar-refractivity contribution is 9.10. The number of ether oxygens (including phenoxy) is 1. The quantitative estimate of drug-likeness (QED) is 0.845. The molecule has 0 heterocycles. The number of nitrogens with two attached hydrogens (primary N) is 1. The predicted molar refractivity (Wildman–Crippen MR) is 74.8 cm³/mol. The van der Waals surface area contributed by atoms with E-state index in [1.807, 2.05) is 12.1 Å². The first kappa shape index (κ1) is 12.7. The maximum Gasteiger partial charge on any atom is 0.167 e. The standard InChI is InChI=1S/C13H12BrFN2O/c1-18-13-5-3-9(7-10(13)15)17-12-4-2-8(14)6-11(12)16/h2-7,17H,16H2,1H3. The highest BCUT2D eigenvalue weighted by Crippen LogP contribution is 2.28. The molecular weight excluding hydrogens is 299 g/mol. The number of rotatable bonds is 3. The summed E-state index contributed by atoms with van der Waals surface area (Å²) in [6.07, 6.45) is 0. The molecule has 0 aliphatic carbocycles. The number of hydrogen-bond donors (Lipinski definition) is 2. The van der Waals surface area contributed by atoms with Crippen molar-refractivity contribution in [2.45, 2.75) is 0 Å². The van der Waals surface area contributed by atoms with Crippen LogP contribution in [0.5, 0.6) is 5.75 Å². The van der Waals surface area contributed by atoms with Gasteiger partial charge in [-0.25, -0.2) is 4.39 Å². The van der Waals surface area contributed by atoms with Crippen LogP contribution >= 0.6 is 15.9 Å². The van der Waals surface area contributed by atoms with E-state index in [9.17, 15) is 4.39 Å². The molecule has 0 saturated heterocycles. The third kappa shape index (κ3) is 2.73. The fraction of sp³-hybridized carbons (Fsp3) is 0.0769. The molecule has 2 aromatic carbocycles. The Morgan fingerprint density at radius 3 is 2.61 bits per heavy atom. The van der Waals surface area contributed by atoms with Gasteiger partial charge < -0.3 is 15.8 Å². The Hall–Kier alpha value is -1.75. The summed E-state index contributed by atoms with van der Waals surface area (Å²) in [5.41, 5.74) is 7.77. The Bertz CT molecular complexity index is 575. The molecule has 0 unspecified atom stereocenters. The van der Waals surface area contributed by atoms with Crippen LogP contribution in [0.1, 0.15) is 0 Å². The summed E-state index contributed by atoms with van der Waals surface area (Å²) < 4.78 is 19.3. The number of benzene rings is 2. The smallest absolute Gasteiger partial charge is 0.167 e. The molecule has 94 valence electrons. The van der Waals surface area contributed by atoms with Gasteiger partial charge in [-0.15, -0.1) is 0 Å². The number of hydrogen-bond acceptors (Lipinski definition) is 3. The van der Waals surface area contributed by atoms with E-state index in [0.29, 0.717) is 11.4 Å². The number of nitrogen functional groups attached to an aromatic ring is 1. The Balaban J connectivity index is 2.26. The van der Waals surface area contributed by atoms with Gasteiger partial charge in [-0.2, -0.15) is 0 Å². The van der Waals surface area contributed by atoms with Gasteiger partial charge in [0, 0.05) is 16.2 Å². The second-order valence-electron chi connectivity index (χ2n) is 3.71. The van der Waals surface area contributed by atoms with Gasteiger partial charge in [0.1, 0.15) is 0 Å². The maximum atomic E-state index is 13.5. The lowest BCUT2D eigenvalue weighted by Gasteiger charge is -2.10. The van der Waals surface area contributed by atoms with Crippen LogP contribution in [0.25, 0.3) is 0 Å². The third-order valence-corrected chi connectivity index (χ3v) is 2.94. The molecule has 18 heavy (non-hydrogen) atoms. The fourth-order valence-corrected chi connectivity index (χ4v) is 1.93. The van der Waals surface area contributed by atoms with Gasteiger partial charge in [0.05, 0.1) is 18.5 Å². The van der Waals surface area contributed by atoms with E-state index in [2.05, 4.69) is 21.2 Å². The molecule has 0 aliphatic rings. The van der Waals surface area contributed by atoms with Crippen LogP contribution in [-0.2, 0) is 0 Å². The highest BCUT2D eigenvalue weighted by Gasteiger charge is 2.05. The van der Waals surface area contributed by atoms with E-state index in [4.69, 9.17) is 10.5 Å². The van der Waals surface area contributed by atoms with Crippen molar-refractivity contribution in [3.8, 4) is 5.75 Å². The molecule has 0 aliphatic heterocycles. The van der Waals surface area contributed by atoms with Crippen LogP contribution in [0.2, 0.25) is 0 Å². The summed E-state index contributed by atoms with van der Waals surface area (Å²) in [4.78, 5) is 0. The molecule has 0 bridgehead atoms. The number of halogens is 2. The zero-order valence-electron chi connectivity index (χ0n) is 9.71. The van der Waals surface area contributed by atoms with Gasteiger partial charge in [-0.3, -0.25) is 0 Å². The Morgan fingerprint density at radius 2 is 2.00 bits per heavy atom. The zero-order valence-corrected chi connectivity index (χ0v) is 11.3. The van der Waals surface area contributed by atoms with Gasteiger partial charge in [0.25, 0.3) is 0 Å². The lowest BCUT2D eigenvalue weighted by atomic mass is 10.2. The summed E-state index contributed by atoms with van der Waals surface area (Å²) in [5, 5.41) is 3.05. The third-order valence-electron chi connectivity index (χ3n) is 2.44. The van der Waals surface area contributed by atoms with Crippen molar-refractivity contribution in [2.24, 2.45) is 0 Å². The predicted octanol–water partition coefficient (Wildman–Crippen LogP) is 3.92. The second kappa shape index (κ2) is 5.27. The van der Waals surface area contributed by atoms with Crippen LogP contribution in [-0.4, -0.2) is 7.11 Å². The Labute approximate surface area is 113 Å².